The Kier molecular flexibility index (Phi) is 10.3. The summed E-state index contributed by atoms with van der Waals surface area (Å²) < 4.78 is 14.1. The van der Waals surface area contributed by atoms with E-state index in [4.69, 9.17) is 5.11 Å². The maximum absolute atomic E-state index is 14.1. The van der Waals surface area contributed by atoms with Crippen molar-refractivity contribution in [3.05, 3.63) is 41.2 Å². The zero-order valence-electron chi connectivity index (χ0n) is 17.7. The molecule has 1 saturated carbocycles. The topological polar surface area (TPSA) is 115 Å². The fraction of sp³-hybridized carbons (Fsp3) is 0.583. The van der Waals surface area contributed by atoms with E-state index in [-0.39, 0.29) is 29.4 Å². The van der Waals surface area contributed by atoms with Gasteiger partial charge in [0.25, 0.3) is 0 Å². The summed E-state index contributed by atoms with van der Waals surface area (Å²) in [4.78, 5) is 21.4. The van der Waals surface area contributed by atoms with Crippen LogP contribution in [0.15, 0.2) is 24.3 Å². The number of unbranched alkanes of at least 4 members (excludes halogenated alkanes) is 3. The van der Waals surface area contributed by atoms with Gasteiger partial charge in [-0.25, -0.2) is 4.39 Å². The number of hydrogen-bond donors (Lipinski definition) is 4. The van der Waals surface area contributed by atoms with Crippen LogP contribution in [0.1, 0.15) is 73.7 Å². The van der Waals surface area contributed by atoms with Crippen LogP contribution in [0.25, 0.3) is 6.08 Å². The summed E-state index contributed by atoms with van der Waals surface area (Å²) in [6.07, 6.45) is 6.70. The summed E-state index contributed by atoms with van der Waals surface area (Å²) in [6.45, 7) is 0. The zero-order chi connectivity index (χ0) is 22.8. The number of aliphatic carboxylic acids is 1. The number of benzene rings is 1. The highest BCUT2D eigenvalue weighted by Crippen LogP contribution is 2.39. The average molecular weight is 437 g/mol. The molecule has 0 aliphatic heterocycles. The second kappa shape index (κ2) is 12.7. The van der Waals surface area contributed by atoms with Crippen molar-refractivity contribution in [1.29, 1.82) is 0 Å². The molecule has 1 aromatic rings. The molecule has 31 heavy (non-hydrogen) atoms. The molecular formula is C24H33FO6. The standard InChI is InChI=1S/C24H33FO6/c25-24-16(6-5-7-17(24)15-26)10-11-18(27)12-13-20-19(21(28)14-22(20)29)8-3-1-2-4-9-23(30)31/h5-7,10-11,15,18-22,27-29H,1-4,8-9,12-14H2,(H,30,31)/b11-10+/t18?,19-,20-,21+,22-/m1/s1. The molecule has 1 unspecified atom stereocenters. The van der Waals surface area contributed by atoms with Gasteiger partial charge in [-0.3, -0.25) is 9.59 Å². The number of carboxylic acids is 1. The molecule has 4 N–H and O–H groups in total. The van der Waals surface area contributed by atoms with Crippen molar-refractivity contribution in [2.45, 2.75) is 76.1 Å². The van der Waals surface area contributed by atoms with E-state index >= 15 is 0 Å². The SMILES string of the molecule is O=Cc1cccc(/C=C/C(O)CC[C@@H]2[C@@H](CCCCCCC(=O)O)[C@@H](O)C[C@H]2O)c1F. The Balaban J connectivity index is 1.82. The first-order valence-corrected chi connectivity index (χ1v) is 11.0. The lowest BCUT2D eigenvalue weighted by Gasteiger charge is -2.24. The van der Waals surface area contributed by atoms with Gasteiger partial charge in [-0.15, -0.1) is 0 Å². The van der Waals surface area contributed by atoms with Gasteiger partial charge in [-0.2, -0.15) is 0 Å². The number of carbonyl (C=O) groups is 2. The molecule has 7 heteroatoms. The summed E-state index contributed by atoms with van der Waals surface area (Å²) in [5.41, 5.74) is 0.186. The molecule has 172 valence electrons. The van der Waals surface area contributed by atoms with Gasteiger partial charge >= 0.3 is 5.97 Å². The predicted molar refractivity (Wildman–Crippen MR) is 115 cm³/mol. The first-order valence-electron chi connectivity index (χ1n) is 11.0. The number of carboxylic acid groups (broad SMARTS) is 1. The zero-order valence-corrected chi connectivity index (χ0v) is 17.7. The highest BCUT2D eigenvalue weighted by Gasteiger charge is 2.40. The third kappa shape index (κ3) is 7.83. The van der Waals surface area contributed by atoms with E-state index in [0.29, 0.717) is 32.0 Å². The summed E-state index contributed by atoms with van der Waals surface area (Å²) in [5, 5.41) is 39.6. The molecule has 0 aromatic heterocycles. The second-order valence-electron chi connectivity index (χ2n) is 8.42. The van der Waals surface area contributed by atoms with Crippen molar-refractivity contribution >= 4 is 18.3 Å². The monoisotopic (exact) mass is 436 g/mol. The molecule has 6 nitrogen and oxygen atoms in total. The number of halogens is 1. The number of hydrogen-bond acceptors (Lipinski definition) is 5. The third-order valence-electron chi connectivity index (χ3n) is 6.18. The fourth-order valence-electron chi connectivity index (χ4n) is 4.45. The Morgan fingerprint density at radius 1 is 1.06 bits per heavy atom. The van der Waals surface area contributed by atoms with Crippen LogP contribution in [-0.2, 0) is 4.79 Å². The molecular weight excluding hydrogens is 403 g/mol. The van der Waals surface area contributed by atoms with Gasteiger partial charge in [0.15, 0.2) is 6.29 Å². The first-order chi connectivity index (χ1) is 14.8. The minimum atomic E-state index is -0.833. The molecule has 0 heterocycles. The molecule has 1 fully saturated rings. The highest BCUT2D eigenvalue weighted by atomic mass is 19.1. The van der Waals surface area contributed by atoms with Gasteiger partial charge in [0, 0.05) is 12.0 Å². The summed E-state index contributed by atoms with van der Waals surface area (Å²) in [6, 6.07) is 4.48. The van der Waals surface area contributed by atoms with E-state index < -0.39 is 30.1 Å². The van der Waals surface area contributed by atoms with Gasteiger partial charge in [0.2, 0.25) is 0 Å². The Bertz CT molecular complexity index is 750. The molecule has 0 bridgehead atoms. The molecule has 0 radical (unpaired) electrons. The molecule has 1 aliphatic rings. The van der Waals surface area contributed by atoms with Crippen LogP contribution in [-0.4, -0.2) is 51.0 Å². The van der Waals surface area contributed by atoms with Crippen LogP contribution in [0, 0.1) is 17.7 Å². The number of aliphatic hydroxyl groups is 3. The van der Waals surface area contributed by atoms with Gasteiger partial charge in [0.05, 0.1) is 23.9 Å². The van der Waals surface area contributed by atoms with E-state index in [9.17, 15) is 29.3 Å². The van der Waals surface area contributed by atoms with Crippen LogP contribution < -0.4 is 0 Å². The minimum Gasteiger partial charge on any atom is -0.481 e. The number of aldehydes is 1. The third-order valence-corrected chi connectivity index (χ3v) is 6.18. The minimum absolute atomic E-state index is 0.0366. The maximum atomic E-state index is 14.1. The average Bonchev–Trinajstić information content (AvgIpc) is 3.00. The molecule has 2 rings (SSSR count). The van der Waals surface area contributed by atoms with E-state index in [2.05, 4.69) is 0 Å². The maximum Gasteiger partial charge on any atom is 0.303 e. The van der Waals surface area contributed by atoms with Crippen molar-refractivity contribution in [3.63, 3.8) is 0 Å². The smallest absolute Gasteiger partial charge is 0.303 e. The van der Waals surface area contributed by atoms with Gasteiger partial charge in [-0.1, -0.05) is 43.5 Å². The van der Waals surface area contributed by atoms with Crippen LogP contribution in [0.4, 0.5) is 4.39 Å². The first kappa shape index (κ1) is 25.2. The van der Waals surface area contributed by atoms with E-state index in [0.717, 1.165) is 25.7 Å². The Hall–Kier alpha value is -2.09. The molecule has 0 spiro atoms. The largest absolute Gasteiger partial charge is 0.481 e. The second-order valence-corrected chi connectivity index (χ2v) is 8.42. The van der Waals surface area contributed by atoms with Crippen LogP contribution in [0.2, 0.25) is 0 Å². The molecule has 5 atom stereocenters. The fourth-order valence-corrected chi connectivity index (χ4v) is 4.45. The lowest BCUT2D eigenvalue weighted by atomic mass is 9.85. The van der Waals surface area contributed by atoms with Crippen LogP contribution >= 0.6 is 0 Å². The molecule has 1 aliphatic carbocycles. The normalized spacial score (nSPS) is 24.5. The van der Waals surface area contributed by atoms with Gasteiger partial charge < -0.3 is 20.4 Å². The molecule has 1 aromatic carbocycles. The van der Waals surface area contributed by atoms with Crippen molar-refractivity contribution in [3.8, 4) is 0 Å². The lowest BCUT2D eigenvalue weighted by Crippen LogP contribution is -2.23. The Morgan fingerprint density at radius 3 is 2.39 bits per heavy atom. The van der Waals surface area contributed by atoms with Gasteiger partial charge in [0.1, 0.15) is 5.82 Å². The van der Waals surface area contributed by atoms with Crippen molar-refractivity contribution in [2.75, 3.05) is 0 Å². The predicted octanol–water partition coefficient (Wildman–Crippen LogP) is 3.58. The summed E-state index contributed by atoms with van der Waals surface area (Å²) in [7, 11) is 0. The molecule has 0 saturated heterocycles. The van der Waals surface area contributed by atoms with Crippen LogP contribution in [0.3, 0.4) is 0 Å². The molecule has 0 amide bonds. The lowest BCUT2D eigenvalue weighted by molar-refractivity contribution is -0.137. The number of rotatable bonds is 13. The number of aliphatic hydroxyl groups excluding tert-OH is 3. The van der Waals surface area contributed by atoms with Crippen molar-refractivity contribution in [2.24, 2.45) is 11.8 Å². The summed E-state index contributed by atoms with van der Waals surface area (Å²) in [5.74, 6) is -1.58. The number of carbonyl (C=O) groups excluding carboxylic acids is 1. The highest BCUT2D eigenvalue weighted by molar-refractivity contribution is 5.77. The van der Waals surface area contributed by atoms with Crippen LogP contribution in [0.5, 0.6) is 0 Å². The van der Waals surface area contributed by atoms with E-state index in [1.807, 2.05) is 0 Å². The summed E-state index contributed by atoms with van der Waals surface area (Å²) >= 11 is 0. The Morgan fingerprint density at radius 2 is 1.71 bits per heavy atom. The van der Waals surface area contributed by atoms with E-state index in [1.54, 1.807) is 6.07 Å². The van der Waals surface area contributed by atoms with Gasteiger partial charge in [-0.05, 0) is 50.0 Å². The van der Waals surface area contributed by atoms with Crippen molar-refractivity contribution in [1.82, 2.24) is 0 Å². The Labute approximate surface area is 182 Å². The quantitative estimate of drug-likeness (QED) is 0.278. The van der Waals surface area contributed by atoms with E-state index in [1.165, 1.54) is 24.3 Å². The van der Waals surface area contributed by atoms with Crippen molar-refractivity contribution < 1.29 is 34.4 Å².